The van der Waals surface area contributed by atoms with Crippen molar-refractivity contribution < 1.29 is 0 Å². The Morgan fingerprint density at radius 1 is 1.00 bits per heavy atom. The van der Waals surface area contributed by atoms with E-state index in [9.17, 15) is 0 Å². The second kappa shape index (κ2) is 7.72. The van der Waals surface area contributed by atoms with Crippen molar-refractivity contribution in [2.75, 3.05) is 0 Å². The normalized spacial score (nSPS) is 17.7. The Morgan fingerprint density at radius 2 is 1.74 bits per heavy atom. The molecular formula is C19H30. The zero-order valence-electron chi connectivity index (χ0n) is 12.9. The van der Waals surface area contributed by atoms with Gasteiger partial charge in [0.1, 0.15) is 0 Å². The number of benzene rings is 1. The molecule has 0 N–H and O–H groups in total. The van der Waals surface area contributed by atoms with Gasteiger partial charge in [-0.2, -0.15) is 0 Å². The smallest absolute Gasteiger partial charge is 0.0153 e. The molecule has 1 aromatic rings. The lowest BCUT2D eigenvalue weighted by Crippen LogP contribution is -1.96. The summed E-state index contributed by atoms with van der Waals surface area (Å²) in [5.41, 5.74) is 4.87. The van der Waals surface area contributed by atoms with E-state index in [1.165, 1.54) is 69.8 Å². The number of hydrogen-bond acceptors (Lipinski definition) is 0. The first-order chi connectivity index (χ1) is 9.33. The minimum Gasteiger partial charge on any atom is -0.0654 e. The van der Waals surface area contributed by atoms with Crippen molar-refractivity contribution in [1.82, 2.24) is 0 Å². The molecule has 0 heterocycles. The van der Waals surface area contributed by atoms with Crippen LogP contribution >= 0.6 is 0 Å². The molecule has 0 heteroatoms. The van der Waals surface area contributed by atoms with Gasteiger partial charge in [-0.3, -0.25) is 0 Å². The summed E-state index contributed by atoms with van der Waals surface area (Å²) in [4.78, 5) is 0. The predicted molar refractivity (Wildman–Crippen MR) is 84.9 cm³/mol. The third-order valence-corrected chi connectivity index (χ3v) is 4.74. The summed E-state index contributed by atoms with van der Waals surface area (Å²) in [6, 6.07) is 6.86. The SMILES string of the molecule is CCCCCCCCCC1CCc2cccc(C)c21. The first kappa shape index (κ1) is 14.6. The van der Waals surface area contributed by atoms with E-state index in [2.05, 4.69) is 32.0 Å². The van der Waals surface area contributed by atoms with Crippen molar-refractivity contribution >= 4 is 0 Å². The van der Waals surface area contributed by atoms with E-state index < -0.39 is 0 Å². The number of unbranched alkanes of at least 4 members (excludes halogenated alkanes) is 6. The van der Waals surface area contributed by atoms with Gasteiger partial charge in [-0.1, -0.05) is 70.1 Å². The summed E-state index contributed by atoms with van der Waals surface area (Å²) < 4.78 is 0. The largest absolute Gasteiger partial charge is 0.0654 e. The van der Waals surface area contributed by atoms with Gasteiger partial charge in [-0.25, -0.2) is 0 Å². The highest BCUT2D eigenvalue weighted by atomic mass is 14.3. The molecule has 1 aliphatic rings. The van der Waals surface area contributed by atoms with E-state index in [0.717, 1.165) is 5.92 Å². The Bertz CT molecular complexity index is 378. The average Bonchev–Trinajstić information content (AvgIpc) is 2.82. The highest BCUT2D eigenvalue weighted by Gasteiger charge is 2.23. The highest BCUT2D eigenvalue weighted by Crippen LogP contribution is 2.38. The molecule has 2 rings (SSSR count). The zero-order chi connectivity index (χ0) is 13.5. The fourth-order valence-electron chi connectivity index (χ4n) is 3.65. The Kier molecular flexibility index (Phi) is 5.94. The van der Waals surface area contributed by atoms with Crippen molar-refractivity contribution in [2.45, 2.75) is 84.0 Å². The molecule has 0 spiro atoms. The minimum atomic E-state index is 0.867. The highest BCUT2D eigenvalue weighted by molar-refractivity contribution is 5.40. The van der Waals surface area contributed by atoms with Crippen LogP contribution in [0, 0.1) is 6.92 Å². The van der Waals surface area contributed by atoms with Crippen molar-refractivity contribution in [1.29, 1.82) is 0 Å². The molecular weight excluding hydrogens is 228 g/mol. The number of aryl methyl sites for hydroxylation is 2. The molecule has 0 saturated heterocycles. The van der Waals surface area contributed by atoms with Gasteiger partial charge in [0.05, 0.1) is 0 Å². The first-order valence-electron chi connectivity index (χ1n) is 8.41. The maximum atomic E-state index is 2.34. The molecule has 0 radical (unpaired) electrons. The Hall–Kier alpha value is -0.780. The zero-order valence-corrected chi connectivity index (χ0v) is 12.9. The number of hydrogen-bond donors (Lipinski definition) is 0. The van der Waals surface area contributed by atoms with Gasteiger partial charge in [0.25, 0.3) is 0 Å². The fourth-order valence-corrected chi connectivity index (χ4v) is 3.65. The molecule has 0 nitrogen and oxygen atoms in total. The lowest BCUT2D eigenvalue weighted by atomic mass is 9.91. The summed E-state index contributed by atoms with van der Waals surface area (Å²) in [6.07, 6.45) is 14.2. The van der Waals surface area contributed by atoms with Crippen LogP contribution in [0.5, 0.6) is 0 Å². The van der Waals surface area contributed by atoms with E-state index in [-0.39, 0.29) is 0 Å². The molecule has 19 heavy (non-hydrogen) atoms. The van der Waals surface area contributed by atoms with E-state index in [0.29, 0.717) is 0 Å². The van der Waals surface area contributed by atoms with Crippen LogP contribution in [0.1, 0.15) is 87.3 Å². The molecule has 0 saturated carbocycles. The quantitative estimate of drug-likeness (QED) is 0.489. The molecule has 1 aromatic carbocycles. The fraction of sp³-hybridized carbons (Fsp3) is 0.684. The second-order valence-electron chi connectivity index (χ2n) is 6.29. The summed E-state index contributed by atoms with van der Waals surface area (Å²) in [6.45, 7) is 4.59. The van der Waals surface area contributed by atoms with Gasteiger partial charge in [0.15, 0.2) is 0 Å². The average molecular weight is 258 g/mol. The van der Waals surface area contributed by atoms with Gasteiger partial charge in [0.2, 0.25) is 0 Å². The van der Waals surface area contributed by atoms with Crippen LogP contribution in [0.2, 0.25) is 0 Å². The lowest BCUT2D eigenvalue weighted by molar-refractivity contribution is 0.530. The summed E-state index contributed by atoms with van der Waals surface area (Å²) in [7, 11) is 0. The topological polar surface area (TPSA) is 0 Å². The molecule has 0 aromatic heterocycles. The van der Waals surface area contributed by atoms with Crippen LogP contribution in [-0.4, -0.2) is 0 Å². The van der Waals surface area contributed by atoms with Crippen molar-refractivity contribution in [3.05, 3.63) is 34.9 Å². The van der Waals surface area contributed by atoms with Crippen LogP contribution < -0.4 is 0 Å². The maximum Gasteiger partial charge on any atom is -0.0153 e. The van der Waals surface area contributed by atoms with Gasteiger partial charge in [0, 0.05) is 0 Å². The molecule has 1 atom stereocenters. The molecule has 0 bridgehead atoms. The van der Waals surface area contributed by atoms with Crippen LogP contribution in [0.25, 0.3) is 0 Å². The summed E-state index contributed by atoms with van der Waals surface area (Å²) in [5.74, 6) is 0.867. The van der Waals surface area contributed by atoms with Crippen molar-refractivity contribution in [2.24, 2.45) is 0 Å². The van der Waals surface area contributed by atoms with Gasteiger partial charge in [-0.05, 0) is 48.8 Å². The monoisotopic (exact) mass is 258 g/mol. The molecule has 1 aliphatic carbocycles. The Morgan fingerprint density at radius 3 is 2.53 bits per heavy atom. The standard InChI is InChI=1S/C19H30/c1-3-4-5-6-7-8-9-12-17-14-15-18-13-10-11-16(2)19(17)18/h10-11,13,17H,3-9,12,14-15H2,1-2H3. The third-order valence-electron chi connectivity index (χ3n) is 4.74. The van der Waals surface area contributed by atoms with Crippen LogP contribution in [0.3, 0.4) is 0 Å². The van der Waals surface area contributed by atoms with Crippen LogP contribution in [-0.2, 0) is 6.42 Å². The van der Waals surface area contributed by atoms with Crippen LogP contribution in [0.15, 0.2) is 18.2 Å². The summed E-state index contributed by atoms with van der Waals surface area (Å²) >= 11 is 0. The van der Waals surface area contributed by atoms with E-state index in [4.69, 9.17) is 0 Å². The van der Waals surface area contributed by atoms with E-state index >= 15 is 0 Å². The van der Waals surface area contributed by atoms with Crippen molar-refractivity contribution in [3.63, 3.8) is 0 Å². The van der Waals surface area contributed by atoms with E-state index in [1.807, 2.05) is 0 Å². The summed E-state index contributed by atoms with van der Waals surface area (Å²) in [5, 5.41) is 0. The minimum absolute atomic E-state index is 0.867. The predicted octanol–water partition coefficient (Wildman–Crippen LogP) is 6.17. The molecule has 106 valence electrons. The Labute approximate surface area is 119 Å². The molecule has 0 amide bonds. The molecule has 0 fully saturated rings. The van der Waals surface area contributed by atoms with Crippen molar-refractivity contribution in [3.8, 4) is 0 Å². The van der Waals surface area contributed by atoms with E-state index in [1.54, 1.807) is 11.1 Å². The van der Waals surface area contributed by atoms with Gasteiger partial charge in [-0.15, -0.1) is 0 Å². The molecule has 0 aliphatic heterocycles. The van der Waals surface area contributed by atoms with Crippen LogP contribution in [0.4, 0.5) is 0 Å². The van der Waals surface area contributed by atoms with Gasteiger partial charge < -0.3 is 0 Å². The number of rotatable bonds is 8. The Balaban J connectivity index is 1.69. The molecule has 1 unspecified atom stereocenters. The third kappa shape index (κ3) is 4.09. The lowest BCUT2D eigenvalue weighted by Gasteiger charge is -2.14. The first-order valence-corrected chi connectivity index (χ1v) is 8.41. The number of fused-ring (bicyclic) bond motifs is 1. The maximum absolute atomic E-state index is 2.34. The second-order valence-corrected chi connectivity index (χ2v) is 6.29. The van der Waals surface area contributed by atoms with Gasteiger partial charge >= 0.3 is 0 Å².